The molecule has 7 aromatic carbocycles. The van der Waals surface area contributed by atoms with Crippen LogP contribution in [0.2, 0.25) is 0 Å². The minimum absolute atomic E-state index is 0.0220. The molecule has 0 atom stereocenters. The second-order valence-corrected chi connectivity index (χ2v) is 18.7. The molecule has 0 saturated heterocycles. The molecule has 5 nitrogen and oxygen atoms in total. The maximum Gasteiger partial charge on any atom is 0.137 e. The van der Waals surface area contributed by atoms with Gasteiger partial charge in [-0.15, -0.1) is 0 Å². The lowest BCUT2D eigenvalue weighted by atomic mass is 9.80. The van der Waals surface area contributed by atoms with Gasteiger partial charge in [-0.1, -0.05) is 133 Å². The average Bonchev–Trinajstić information content (AvgIpc) is 3.82. The van der Waals surface area contributed by atoms with Crippen LogP contribution in [-0.4, -0.2) is 16.2 Å². The molecule has 0 fully saturated rings. The van der Waals surface area contributed by atoms with Gasteiger partial charge in [0, 0.05) is 46.0 Å². The summed E-state index contributed by atoms with van der Waals surface area (Å²) < 4.78 is 9.02. The van der Waals surface area contributed by atoms with Gasteiger partial charge in [-0.25, -0.2) is 4.98 Å². The fourth-order valence-corrected chi connectivity index (χ4v) is 8.86. The van der Waals surface area contributed by atoms with E-state index in [1.807, 2.05) is 12.3 Å². The highest BCUT2D eigenvalue weighted by atomic mass is 16.5. The van der Waals surface area contributed by atoms with Crippen molar-refractivity contribution in [3.05, 3.63) is 193 Å². The molecule has 0 aliphatic carbocycles. The van der Waals surface area contributed by atoms with Crippen molar-refractivity contribution >= 4 is 44.6 Å². The Kier molecular flexibility index (Phi) is 9.52. The SMILES string of the molecule is Cc1cc(-n2c3ccccc3c3ccc(Oc4cccc(N5CN(c6cc(C(C)(C)C)cc(C(C)(C)C)c6)c6ccccc65)c4)cc32)ncc1-c1cccc(-c2ccccc2)c1. The predicted molar refractivity (Wildman–Crippen MR) is 260 cm³/mol. The van der Waals surface area contributed by atoms with E-state index in [1.54, 1.807) is 0 Å². The molecule has 62 heavy (non-hydrogen) atoms. The van der Waals surface area contributed by atoms with Gasteiger partial charge in [0.2, 0.25) is 0 Å². The fraction of sp³-hybridized carbons (Fsp3) is 0.175. The highest BCUT2D eigenvalue weighted by Gasteiger charge is 2.30. The Morgan fingerprint density at radius 1 is 0.484 bits per heavy atom. The molecule has 3 heterocycles. The summed E-state index contributed by atoms with van der Waals surface area (Å²) in [6, 6.07) is 60.7. The number of aryl methyl sites for hydroxylation is 1. The van der Waals surface area contributed by atoms with Gasteiger partial charge < -0.3 is 14.5 Å². The molecule has 9 aromatic rings. The quantitative estimate of drug-likeness (QED) is 0.161. The zero-order valence-electron chi connectivity index (χ0n) is 36.6. The van der Waals surface area contributed by atoms with E-state index in [0.717, 1.165) is 56.1 Å². The molecule has 2 aromatic heterocycles. The minimum Gasteiger partial charge on any atom is -0.457 e. The summed E-state index contributed by atoms with van der Waals surface area (Å²) in [5.74, 6) is 2.42. The summed E-state index contributed by atoms with van der Waals surface area (Å²) in [7, 11) is 0. The molecule has 0 amide bonds. The molecular formula is C57H52N4O. The van der Waals surface area contributed by atoms with Crippen LogP contribution in [-0.2, 0) is 10.8 Å². The Balaban J connectivity index is 0.979. The molecule has 10 rings (SSSR count). The third-order valence-corrected chi connectivity index (χ3v) is 12.3. The normalized spacial score (nSPS) is 13.0. The second kappa shape index (κ2) is 15.1. The van der Waals surface area contributed by atoms with Crippen LogP contribution in [0.4, 0.5) is 22.7 Å². The summed E-state index contributed by atoms with van der Waals surface area (Å²) in [6.45, 7) is 16.7. The van der Waals surface area contributed by atoms with Crippen molar-refractivity contribution in [2.24, 2.45) is 0 Å². The smallest absolute Gasteiger partial charge is 0.137 e. The van der Waals surface area contributed by atoms with Crippen molar-refractivity contribution in [3.8, 4) is 39.6 Å². The lowest BCUT2D eigenvalue weighted by Crippen LogP contribution is -2.25. The minimum atomic E-state index is 0.0220. The Morgan fingerprint density at radius 3 is 1.82 bits per heavy atom. The van der Waals surface area contributed by atoms with Crippen LogP contribution in [0.5, 0.6) is 11.5 Å². The van der Waals surface area contributed by atoms with Gasteiger partial charge in [0.1, 0.15) is 24.0 Å². The molecule has 0 radical (unpaired) electrons. The van der Waals surface area contributed by atoms with Crippen LogP contribution in [0.25, 0.3) is 49.9 Å². The molecule has 0 unspecified atom stereocenters. The maximum atomic E-state index is 6.75. The Hall–Kier alpha value is -7.11. The van der Waals surface area contributed by atoms with Gasteiger partial charge in [-0.05, 0) is 118 Å². The number of nitrogens with zero attached hydrogens (tertiary/aromatic N) is 4. The highest BCUT2D eigenvalue weighted by Crippen LogP contribution is 2.46. The van der Waals surface area contributed by atoms with Crippen molar-refractivity contribution < 1.29 is 4.74 Å². The first kappa shape index (κ1) is 39.1. The summed E-state index contributed by atoms with van der Waals surface area (Å²) in [6.07, 6.45) is 2.02. The van der Waals surface area contributed by atoms with Crippen molar-refractivity contribution in [2.45, 2.75) is 59.3 Å². The average molecular weight is 809 g/mol. The molecular weight excluding hydrogens is 757 g/mol. The van der Waals surface area contributed by atoms with Crippen molar-refractivity contribution in [1.29, 1.82) is 0 Å². The van der Waals surface area contributed by atoms with Gasteiger partial charge in [-0.3, -0.25) is 4.57 Å². The number of ether oxygens (including phenoxy) is 1. The molecule has 5 heteroatoms. The van der Waals surface area contributed by atoms with Gasteiger partial charge in [0.25, 0.3) is 0 Å². The third kappa shape index (κ3) is 7.17. The van der Waals surface area contributed by atoms with E-state index >= 15 is 0 Å². The molecule has 0 N–H and O–H groups in total. The molecule has 0 saturated carbocycles. The van der Waals surface area contributed by atoms with E-state index in [0.29, 0.717) is 6.67 Å². The van der Waals surface area contributed by atoms with Crippen molar-refractivity contribution in [3.63, 3.8) is 0 Å². The van der Waals surface area contributed by atoms with Crippen LogP contribution >= 0.6 is 0 Å². The van der Waals surface area contributed by atoms with E-state index in [2.05, 4.69) is 227 Å². The van der Waals surface area contributed by atoms with Gasteiger partial charge in [-0.2, -0.15) is 0 Å². The van der Waals surface area contributed by atoms with E-state index in [9.17, 15) is 0 Å². The lowest BCUT2D eigenvalue weighted by molar-refractivity contribution is 0.483. The zero-order chi connectivity index (χ0) is 42.8. The summed E-state index contributed by atoms with van der Waals surface area (Å²) >= 11 is 0. The number of para-hydroxylation sites is 3. The standard InChI is InChI=1S/C57H52N4O/c1-38-29-55(58-36-50(38)41-20-15-19-40(30-41)39-17-9-8-10-18-39)61-51-24-12-11-23-48(51)49-28-27-47(35-54(49)61)62-46-22-16-21-44(34-46)59-37-60(53-26-14-13-25-52(53)59)45-32-42(56(2,3)4)31-43(33-45)57(5,6)7/h8-36H,37H2,1-7H3. The van der Waals surface area contributed by atoms with Crippen LogP contribution in [0, 0.1) is 6.92 Å². The van der Waals surface area contributed by atoms with E-state index in [-0.39, 0.29) is 10.8 Å². The Morgan fingerprint density at radius 2 is 1.10 bits per heavy atom. The monoisotopic (exact) mass is 808 g/mol. The summed E-state index contributed by atoms with van der Waals surface area (Å²) in [5.41, 5.74) is 15.4. The molecule has 1 aliphatic heterocycles. The first-order valence-electron chi connectivity index (χ1n) is 21.6. The number of hydrogen-bond acceptors (Lipinski definition) is 4. The third-order valence-electron chi connectivity index (χ3n) is 12.3. The summed E-state index contributed by atoms with van der Waals surface area (Å²) in [5, 5.41) is 2.33. The Bertz CT molecular complexity index is 3100. The lowest BCUT2D eigenvalue weighted by Gasteiger charge is -2.29. The number of anilines is 4. The van der Waals surface area contributed by atoms with Crippen LogP contribution in [0.1, 0.15) is 58.2 Å². The largest absolute Gasteiger partial charge is 0.457 e. The molecule has 1 aliphatic rings. The van der Waals surface area contributed by atoms with Crippen LogP contribution in [0.15, 0.2) is 176 Å². The second-order valence-electron chi connectivity index (χ2n) is 18.7. The first-order valence-corrected chi connectivity index (χ1v) is 21.6. The first-order chi connectivity index (χ1) is 29.9. The fourth-order valence-electron chi connectivity index (χ4n) is 8.86. The van der Waals surface area contributed by atoms with E-state index in [4.69, 9.17) is 9.72 Å². The highest BCUT2D eigenvalue weighted by molar-refractivity contribution is 6.09. The number of fused-ring (bicyclic) bond motifs is 4. The number of rotatable bonds is 7. The predicted octanol–water partition coefficient (Wildman–Crippen LogP) is 15.5. The van der Waals surface area contributed by atoms with E-state index in [1.165, 1.54) is 44.7 Å². The summed E-state index contributed by atoms with van der Waals surface area (Å²) in [4.78, 5) is 9.96. The van der Waals surface area contributed by atoms with Gasteiger partial charge >= 0.3 is 0 Å². The molecule has 0 spiro atoms. The number of benzene rings is 7. The van der Waals surface area contributed by atoms with Gasteiger partial charge in [0.05, 0.1) is 22.4 Å². The number of hydrogen-bond donors (Lipinski definition) is 0. The topological polar surface area (TPSA) is 33.5 Å². The zero-order valence-corrected chi connectivity index (χ0v) is 36.6. The van der Waals surface area contributed by atoms with Gasteiger partial charge in [0.15, 0.2) is 0 Å². The van der Waals surface area contributed by atoms with Crippen LogP contribution in [0.3, 0.4) is 0 Å². The number of pyridine rings is 1. The Labute approximate surface area is 365 Å². The van der Waals surface area contributed by atoms with Crippen molar-refractivity contribution in [1.82, 2.24) is 9.55 Å². The van der Waals surface area contributed by atoms with E-state index < -0.39 is 0 Å². The maximum absolute atomic E-state index is 6.75. The number of aromatic nitrogens is 2. The molecule has 306 valence electrons. The van der Waals surface area contributed by atoms with Crippen LogP contribution < -0.4 is 14.5 Å². The molecule has 0 bridgehead atoms. The van der Waals surface area contributed by atoms with Crippen molar-refractivity contribution in [2.75, 3.05) is 16.5 Å².